The molecule has 0 bridgehead atoms. The first-order valence-electron chi connectivity index (χ1n) is 8.43. The minimum atomic E-state index is -3.67. The van der Waals surface area contributed by atoms with Crippen molar-refractivity contribution in [2.75, 3.05) is 32.8 Å². The molecule has 0 aliphatic carbocycles. The van der Waals surface area contributed by atoms with E-state index in [1.54, 1.807) is 18.2 Å². The summed E-state index contributed by atoms with van der Waals surface area (Å²) in [7, 11) is -3.67. The molecule has 0 amide bonds. The zero-order chi connectivity index (χ0) is 18.1. The largest absolute Gasteiger partial charge is 0.517 e. The number of carbonyl (C=O) groups excluding carboxylic acids is 1. The third-order valence-corrected chi connectivity index (χ3v) is 6.93. The first-order chi connectivity index (χ1) is 11.9. The van der Waals surface area contributed by atoms with Gasteiger partial charge in [0.05, 0.1) is 11.5 Å². The Morgan fingerprint density at radius 1 is 1.24 bits per heavy atom. The van der Waals surface area contributed by atoms with E-state index in [0.717, 1.165) is 13.1 Å². The molecular formula is C18H23N2O4S-. The smallest absolute Gasteiger partial charge is 0.245 e. The zero-order valence-corrected chi connectivity index (χ0v) is 15.2. The molecule has 0 unspecified atom stereocenters. The van der Waals surface area contributed by atoms with Crippen LogP contribution < -0.4 is 0 Å². The van der Waals surface area contributed by atoms with Crippen molar-refractivity contribution in [2.24, 2.45) is 0 Å². The summed E-state index contributed by atoms with van der Waals surface area (Å²) in [5.41, 5.74) is -0.277. The molecule has 2 saturated heterocycles. The number of piperidine rings is 1. The maximum absolute atomic E-state index is 13.1. The lowest BCUT2D eigenvalue weighted by Crippen LogP contribution is -2.54. The van der Waals surface area contributed by atoms with Gasteiger partial charge in [-0.1, -0.05) is 12.1 Å². The summed E-state index contributed by atoms with van der Waals surface area (Å²) in [6.45, 7) is 9.85. The van der Waals surface area contributed by atoms with E-state index in [4.69, 9.17) is 11.3 Å². The Kier molecular flexibility index (Phi) is 5.11. The summed E-state index contributed by atoms with van der Waals surface area (Å²) in [6, 6.07) is 6.10. The van der Waals surface area contributed by atoms with Crippen molar-refractivity contribution in [3.63, 3.8) is 0 Å². The molecule has 1 aromatic carbocycles. The van der Waals surface area contributed by atoms with Crippen molar-refractivity contribution in [1.29, 1.82) is 0 Å². The average molecular weight is 363 g/mol. The van der Waals surface area contributed by atoms with Crippen LogP contribution in [0.2, 0.25) is 0 Å². The van der Waals surface area contributed by atoms with E-state index >= 15 is 0 Å². The molecule has 136 valence electrons. The van der Waals surface area contributed by atoms with Gasteiger partial charge in [-0.05, 0) is 25.6 Å². The highest BCUT2D eigenvalue weighted by Crippen LogP contribution is 2.38. The molecule has 0 saturated carbocycles. The van der Waals surface area contributed by atoms with Crippen molar-refractivity contribution in [2.45, 2.75) is 30.4 Å². The van der Waals surface area contributed by atoms with Gasteiger partial charge in [-0.15, -0.1) is 0 Å². The van der Waals surface area contributed by atoms with Gasteiger partial charge in [-0.2, -0.15) is 4.31 Å². The minimum Gasteiger partial charge on any atom is -0.517 e. The molecule has 0 radical (unpaired) electrons. The van der Waals surface area contributed by atoms with Crippen molar-refractivity contribution < 1.29 is 17.9 Å². The highest BCUT2D eigenvalue weighted by molar-refractivity contribution is 7.89. The Balaban J connectivity index is 1.84. The van der Waals surface area contributed by atoms with Crippen LogP contribution in [0.15, 0.2) is 35.2 Å². The molecule has 6 nitrogen and oxygen atoms in total. The Morgan fingerprint density at radius 3 is 2.44 bits per heavy atom. The minimum absolute atomic E-state index is 0.0889. The van der Waals surface area contributed by atoms with E-state index < -0.39 is 15.7 Å². The van der Waals surface area contributed by atoms with E-state index in [1.807, 2.05) is 0 Å². The molecule has 0 aromatic heterocycles. The summed E-state index contributed by atoms with van der Waals surface area (Å²) in [6.07, 6.45) is 2.84. The number of likely N-dealkylation sites (tertiary alicyclic amines) is 1. The molecule has 2 aliphatic heterocycles. The molecule has 0 atom stereocenters. The number of ketones is 1. The van der Waals surface area contributed by atoms with Gasteiger partial charge in [-0.3, -0.25) is 10.9 Å². The molecule has 2 heterocycles. The van der Waals surface area contributed by atoms with Crippen LogP contribution in [0.4, 0.5) is 0 Å². The number of benzene rings is 1. The number of sulfonamides is 1. The first-order valence-corrected chi connectivity index (χ1v) is 9.87. The number of ether oxygens (including phenoxy) is 1. The Labute approximate surface area is 149 Å². The maximum Gasteiger partial charge on any atom is 0.245 e. The zero-order valence-electron chi connectivity index (χ0n) is 14.3. The second kappa shape index (κ2) is 6.99. The normalized spacial score (nSPS) is 21.5. The standard InChI is InChI=1S/C18H23N2O4S/c1-3-10-19-11-8-18(9-12-19)20(13-14-24-18)25(22,23)17-6-4-16(5-7-17)15(2)21/h1,3-7H,8-14H2,2H3/q-1. The predicted molar refractivity (Wildman–Crippen MR) is 93.6 cm³/mol. The van der Waals surface area contributed by atoms with Gasteiger partial charge in [0.1, 0.15) is 5.72 Å². The fourth-order valence-electron chi connectivity index (χ4n) is 3.55. The molecule has 1 spiro atoms. The van der Waals surface area contributed by atoms with Crippen LogP contribution in [0.3, 0.4) is 0 Å². The fourth-order valence-corrected chi connectivity index (χ4v) is 5.27. The molecule has 7 heteroatoms. The van der Waals surface area contributed by atoms with Gasteiger partial charge in [0.25, 0.3) is 0 Å². The SMILES string of the molecule is [CH-]=CCN1CCC2(CC1)OCCN2S(=O)(=O)c1ccc(C(C)=O)cc1. The van der Waals surface area contributed by atoms with E-state index in [-0.39, 0.29) is 10.7 Å². The summed E-state index contributed by atoms with van der Waals surface area (Å²) in [4.78, 5) is 13.8. The topological polar surface area (TPSA) is 66.9 Å². The monoisotopic (exact) mass is 363 g/mol. The third kappa shape index (κ3) is 3.42. The van der Waals surface area contributed by atoms with Crippen molar-refractivity contribution >= 4 is 15.8 Å². The number of nitrogens with zero attached hydrogens (tertiary/aromatic N) is 2. The van der Waals surface area contributed by atoms with Crippen LogP contribution >= 0.6 is 0 Å². The summed E-state index contributed by atoms with van der Waals surface area (Å²) in [5, 5.41) is 0. The second-order valence-corrected chi connectivity index (χ2v) is 8.35. The molecule has 0 N–H and O–H groups in total. The van der Waals surface area contributed by atoms with Crippen LogP contribution in [-0.4, -0.2) is 61.9 Å². The van der Waals surface area contributed by atoms with Crippen molar-refractivity contribution in [3.8, 4) is 0 Å². The number of carbonyl (C=O) groups is 1. The van der Waals surface area contributed by atoms with Gasteiger partial charge in [0.2, 0.25) is 10.0 Å². The number of hydrogen-bond donors (Lipinski definition) is 0. The average Bonchev–Trinajstić information content (AvgIpc) is 3.01. The Morgan fingerprint density at radius 2 is 1.88 bits per heavy atom. The number of Topliss-reactive ketones (excluding diaryl/α,β-unsaturated/α-hetero) is 1. The van der Waals surface area contributed by atoms with Crippen molar-refractivity contribution in [3.05, 3.63) is 42.5 Å². The highest BCUT2D eigenvalue weighted by Gasteiger charge is 2.50. The van der Waals surface area contributed by atoms with Crippen LogP contribution in [0.5, 0.6) is 0 Å². The van der Waals surface area contributed by atoms with E-state index in [2.05, 4.69) is 4.90 Å². The van der Waals surface area contributed by atoms with E-state index in [9.17, 15) is 13.2 Å². The van der Waals surface area contributed by atoms with Crippen molar-refractivity contribution in [1.82, 2.24) is 9.21 Å². The van der Waals surface area contributed by atoms with Crippen LogP contribution in [0.1, 0.15) is 30.1 Å². The van der Waals surface area contributed by atoms with Gasteiger partial charge in [-0.25, -0.2) is 8.42 Å². The molecule has 2 aliphatic rings. The third-order valence-electron chi connectivity index (χ3n) is 4.97. The Bertz CT molecular complexity index is 750. The molecule has 2 fully saturated rings. The second-order valence-electron chi connectivity index (χ2n) is 6.49. The molecule has 3 rings (SSSR count). The predicted octanol–water partition coefficient (Wildman–Crippen LogP) is 1.69. The summed E-state index contributed by atoms with van der Waals surface area (Å²) < 4.78 is 33.6. The summed E-state index contributed by atoms with van der Waals surface area (Å²) in [5.74, 6) is -0.0889. The molecule has 1 aromatic rings. The van der Waals surface area contributed by atoms with Gasteiger partial charge < -0.3 is 16.2 Å². The number of hydrogen-bond acceptors (Lipinski definition) is 5. The molecule has 25 heavy (non-hydrogen) atoms. The summed E-state index contributed by atoms with van der Waals surface area (Å²) >= 11 is 0. The lowest BCUT2D eigenvalue weighted by atomic mass is 10.0. The van der Waals surface area contributed by atoms with Crippen LogP contribution in [0.25, 0.3) is 0 Å². The Hall–Kier alpha value is -1.54. The fraction of sp³-hybridized carbons (Fsp3) is 0.500. The van der Waals surface area contributed by atoms with Gasteiger partial charge in [0, 0.05) is 38.0 Å². The maximum atomic E-state index is 13.1. The first kappa shape index (κ1) is 18.3. The quantitative estimate of drug-likeness (QED) is 0.588. The molecular weight excluding hydrogens is 340 g/mol. The number of rotatable bonds is 5. The van der Waals surface area contributed by atoms with E-state index in [0.29, 0.717) is 38.1 Å². The van der Waals surface area contributed by atoms with Gasteiger partial charge in [0.15, 0.2) is 5.78 Å². The highest BCUT2D eigenvalue weighted by atomic mass is 32.2. The van der Waals surface area contributed by atoms with Gasteiger partial charge >= 0.3 is 0 Å². The lowest BCUT2D eigenvalue weighted by Gasteiger charge is -2.42. The van der Waals surface area contributed by atoms with Crippen LogP contribution in [0, 0.1) is 6.58 Å². The van der Waals surface area contributed by atoms with Crippen LogP contribution in [-0.2, 0) is 14.8 Å². The van der Waals surface area contributed by atoms with E-state index in [1.165, 1.54) is 23.4 Å². The lowest BCUT2D eigenvalue weighted by molar-refractivity contribution is -0.0891.